The Kier molecular flexibility index (Phi) is 6.34. The second-order valence-electron chi connectivity index (χ2n) is 6.73. The first-order valence-electron chi connectivity index (χ1n) is 9.48. The number of furan rings is 1. The number of amides is 3. The number of hydrogen-bond acceptors (Lipinski definition) is 6. The molecule has 0 bridgehead atoms. The summed E-state index contributed by atoms with van der Waals surface area (Å²) in [6.07, 6.45) is 1.64. The van der Waals surface area contributed by atoms with E-state index in [1.165, 1.54) is 31.0 Å². The van der Waals surface area contributed by atoms with Gasteiger partial charge in [0, 0.05) is 14.8 Å². The first-order valence-corrected chi connectivity index (χ1v) is 10.7. The SMILES string of the molecule is COC(=O)c1ccc(CN2C(=O)N/C(=C\c3ccccc3Sc3ccc(Cl)cc3)C2=O)o1. The molecular weight excluding hydrogens is 452 g/mol. The molecule has 7 nitrogen and oxygen atoms in total. The van der Waals surface area contributed by atoms with E-state index in [2.05, 4.69) is 10.1 Å². The van der Waals surface area contributed by atoms with Crippen LogP contribution in [0.15, 0.2) is 80.6 Å². The summed E-state index contributed by atoms with van der Waals surface area (Å²) in [7, 11) is 1.24. The Hall–Kier alpha value is -3.49. The third-order valence-corrected chi connectivity index (χ3v) is 5.94. The minimum absolute atomic E-state index is 0.00142. The number of imide groups is 1. The highest BCUT2D eigenvalue weighted by atomic mass is 35.5. The Morgan fingerprint density at radius 3 is 2.62 bits per heavy atom. The van der Waals surface area contributed by atoms with Crippen LogP contribution in [-0.4, -0.2) is 29.9 Å². The largest absolute Gasteiger partial charge is 0.463 e. The number of esters is 1. The molecule has 3 aromatic rings. The van der Waals surface area contributed by atoms with Gasteiger partial charge < -0.3 is 14.5 Å². The van der Waals surface area contributed by atoms with E-state index in [0.717, 1.165) is 20.3 Å². The second kappa shape index (κ2) is 9.33. The number of methoxy groups -OCH3 is 1. The van der Waals surface area contributed by atoms with Crippen molar-refractivity contribution in [3.63, 3.8) is 0 Å². The van der Waals surface area contributed by atoms with Crippen molar-refractivity contribution in [1.82, 2.24) is 10.2 Å². The van der Waals surface area contributed by atoms with E-state index in [1.54, 1.807) is 6.08 Å². The Bertz CT molecular complexity index is 1220. The molecule has 1 saturated heterocycles. The van der Waals surface area contributed by atoms with Gasteiger partial charge >= 0.3 is 12.0 Å². The molecule has 0 unspecified atom stereocenters. The summed E-state index contributed by atoms with van der Waals surface area (Å²) in [6.45, 7) is -0.111. The van der Waals surface area contributed by atoms with E-state index in [0.29, 0.717) is 5.02 Å². The van der Waals surface area contributed by atoms with Gasteiger partial charge in [0.25, 0.3) is 5.91 Å². The molecule has 0 aliphatic carbocycles. The predicted octanol–water partition coefficient (Wildman–Crippen LogP) is 4.96. The molecule has 3 amide bonds. The molecule has 1 aromatic heterocycles. The Morgan fingerprint density at radius 2 is 1.88 bits per heavy atom. The first-order chi connectivity index (χ1) is 15.4. The number of rotatable bonds is 6. The van der Waals surface area contributed by atoms with Crippen LogP contribution in [-0.2, 0) is 16.1 Å². The maximum Gasteiger partial charge on any atom is 0.373 e. The Balaban J connectivity index is 1.53. The highest BCUT2D eigenvalue weighted by molar-refractivity contribution is 7.99. The molecule has 4 rings (SSSR count). The van der Waals surface area contributed by atoms with Crippen LogP contribution < -0.4 is 5.32 Å². The molecule has 1 fully saturated rings. The van der Waals surface area contributed by atoms with Gasteiger partial charge in [-0.2, -0.15) is 0 Å². The number of carbonyl (C=O) groups excluding carboxylic acids is 3. The molecule has 0 atom stereocenters. The van der Waals surface area contributed by atoms with Crippen LogP contribution in [0, 0.1) is 0 Å². The van der Waals surface area contributed by atoms with E-state index >= 15 is 0 Å². The minimum Gasteiger partial charge on any atom is -0.463 e. The molecule has 1 aliphatic rings. The van der Waals surface area contributed by atoms with E-state index < -0.39 is 17.9 Å². The molecule has 1 aliphatic heterocycles. The quantitative estimate of drug-likeness (QED) is 0.312. The highest BCUT2D eigenvalue weighted by Gasteiger charge is 2.34. The third-order valence-electron chi connectivity index (χ3n) is 4.58. The van der Waals surface area contributed by atoms with Crippen LogP contribution in [0.2, 0.25) is 5.02 Å². The van der Waals surface area contributed by atoms with Gasteiger partial charge in [-0.05, 0) is 54.1 Å². The zero-order chi connectivity index (χ0) is 22.7. The van der Waals surface area contributed by atoms with Crippen molar-refractivity contribution in [3.8, 4) is 0 Å². The minimum atomic E-state index is -0.635. The van der Waals surface area contributed by atoms with E-state index in [-0.39, 0.29) is 23.8 Å². The molecular formula is C23H17ClN2O5S. The Morgan fingerprint density at radius 1 is 1.12 bits per heavy atom. The fourth-order valence-electron chi connectivity index (χ4n) is 3.02. The highest BCUT2D eigenvalue weighted by Crippen LogP contribution is 2.32. The number of hydrogen-bond donors (Lipinski definition) is 1. The standard InChI is InChI=1S/C23H17ClN2O5S/c1-30-22(28)19-11-8-16(31-19)13-26-21(27)18(25-23(26)29)12-14-4-2-3-5-20(14)32-17-9-6-15(24)7-10-17/h2-12H,13H2,1H3,(H,25,29)/b18-12-. The van der Waals surface area contributed by atoms with Crippen molar-refractivity contribution in [1.29, 1.82) is 0 Å². The number of benzene rings is 2. The fraction of sp³-hybridized carbons (Fsp3) is 0.0870. The first kappa shape index (κ1) is 21.7. The van der Waals surface area contributed by atoms with Crippen LogP contribution in [0.4, 0.5) is 4.79 Å². The summed E-state index contributed by atoms with van der Waals surface area (Å²) < 4.78 is 9.96. The number of urea groups is 1. The van der Waals surface area contributed by atoms with Gasteiger partial charge in [0.05, 0.1) is 13.7 Å². The lowest BCUT2D eigenvalue weighted by atomic mass is 10.2. The van der Waals surface area contributed by atoms with Crippen molar-refractivity contribution in [2.75, 3.05) is 7.11 Å². The average Bonchev–Trinajstić information content (AvgIpc) is 3.36. The lowest BCUT2D eigenvalue weighted by molar-refractivity contribution is -0.123. The summed E-state index contributed by atoms with van der Waals surface area (Å²) >= 11 is 7.47. The van der Waals surface area contributed by atoms with Gasteiger partial charge in [0.1, 0.15) is 11.5 Å². The molecule has 2 heterocycles. The predicted molar refractivity (Wildman–Crippen MR) is 119 cm³/mol. The molecule has 32 heavy (non-hydrogen) atoms. The molecule has 9 heteroatoms. The van der Waals surface area contributed by atoms with Gasteiger partial charge in [0.15, 0.2) is 0 Å². The number of carbonyl (C=O) groups is 3. The molecule has 1 N–H and O–H groups in total. The van der Waals surface area contributed by atoms with E-state index in [4.69, 9.17) is 16.0 Å². The second-order valence-corrected chi connectivity index (χ2v) is 8.28. The smallest absolute Gasteiger partial charge is 0.373 e. The van der Waals surface area contributed by atoms with Gasteiger partial charge in [-0.15, -0.1) is 0 Å². The molecule has 2 aromatic carbocycles. The maximum atomic E-state index is 12.8. The van der Waals surface area contributed by atoms with Crippen LogP contribution in [0.1, 0.15) is 21.9 Å². The van der Waals surface area contributed by atoms with E-state index in [1.807, 2.05) is 48.5 Å². The lowest BCUT2D eigenvalue weighted by Crippen LogP contribution is -2.30. The normalized spacial score (nSPS) is 14.7. The lowest BCUT2D eigenvalue weighted by Gasteiger charge is -2.09. The van der Waals surface area contributed by atoms with Crippen molar-refractivity contribution in [2.45, 2.75) is 16.3 Å². The van der Waals surface area contributed by atoms with Crippen molar-refractivity contribution in [3.05, 3.63) is 88.5 Å². The summed E-state index contributed by atoms with van der Waals surface area (Å²) in [4.78, 5) is 39.7. The molecule has 0 radical (unpaired) electrons. The summed E-state index contributed by atoms with van der Waals surface area (Å²) in [6, 6.07) is 17.4. The zero-order valence-corrected chi connectivity index (χ0v) is 18.4. The maximum absolute atomic E-state index is 12.8. The zero-order valence-electron chi connectivity index (χ0n) is 16.8. The molecule has 0 spiro atoms. The number of ether oxygens (including phenoxy) is 1. The number of halogens is 1. The van der Waals surface area contributed by atoms with Crippen LogP contribution in [0.5, 0.6) is 0 Å². The van der Waals surface area contributed by atoms with Crippen molar-refractivity contribution in [2.24, 2.45) is 0 Å². The van der Waals surface area contributed by atoms with Crippen LogP contribution >= 0.6 is 23.4 Å². The van der Waals surface area contributed by atoms with Gasteiger partial charge in [-0.25, -0.2) is 9.59 Å². The topological polar surface area (TPSA) is 88.9 Å². The van der Waals surface area contributed by atoms with Crippen LogP contribution in [0.25, 0.3) is 6.08 Å². The Labute approximate surface area is 193 Å². The molecule has 162 valence electrons. The monoisotopic (exact) mass is 468 g/mol. The molecule has 0 saturated carbocycles. The summed E-state index contributed by atoms with van der Waals surface area (Å²) in [5.74, 6) is -0.839. The van der Waals surface area contributed by atoms with Gasteiger partial charge in [0.2, 0.25) is 5.76 Å². The van der Waals surface area contributed by atoms with Crippen molar-refractivity contribution >= 4 is 47.3 Å². The number of nitrogens with zero attached hydrogens (tertiary/aromatic N) is 1. The van der Waals surface area contributed by atoms with Gasteiger partial charge in [-0.3, -0.25) is 9.69 Å². The third kappa shape index (κ3) is 4.71. The summed E-state index contributed by atoms with van der Waals surface area (Å²) in [5, 5.41) is 3.25. The van der Waals surface area contributed by atoms with E-state index in [9.17, 15) is 14.4 Å². The van der Waals surface area contributed by atoms with Crippen LogP contribution in [0.3, 0.4) is 0 Å². The van der Waals surface area contributed by atoms with Crippen molar-refractivity contribution < 1.29 is 23.5 Å². The average molecular weight is 469 g/mol. The number of nitrogens with one attached hydrogen (secondary N) is 1. The fourth-order valence-corrected chi connectivity index (χ4v) is 4.07. The summed E-state index contributed by atoms with van der Waals surface area (Å²) in [5.41, 5.74) is 0.933. The van der Waals surface area contributed by atoms with Gasteiger partial charge in [-0.1, -0.05) is 41.6 Å².